The van der Waals surface area contributed by atoms with Crippen LogP contribution in [0.2, 0.25) is 0 Å². The fourth-order valence-electron chi connectivity index (χ4n) is 0. The van der Waals surface area contributed by atoms with Gasteiger partial charge in [0.1, 0.15) is 6.10 Å². The van der Waals surface area contributed by atoms with Crippen molar-refractivity contribution in [2.24, 2.45) is 0 Å². The first-order chi connectivity index (χ1) is 2.94. The van der Waals surface area contributed by atoms with Gasteiger partial charge in [-0.05, 0) is 6.92 Å². The molecule has 0 aromatic carbocycles. The normalized spacial score (nSPS) is 16.7. The molecule has 0 bridgehead atoms. The van der Waals surface area contributed by atoms with Gasteiger partial charge in [0.25, 0.3) is 0 Å². The molecule has 0 radical (unpaired) electrons. The van der Waals surface area contributed by atoms with Crippen molar-refractivity contribution >= 4 is 23.2 Å². The molecular weight excluding hydrogens is 139 g/mol. The van der Waals surface area contributed by atoms with Gasteiger partial charge in [0, 0.05) is 0 Å². The van der Waals surface area contributed by atoms with Crippen molar-refractivity contribution in [1.29, 1.82) is 0 Å². The summed E-state index contributed by atoms with van der Waals surface area (Å²) in [7, 11) is 0. The van der Waals surface area contributed by atoms with Crippen molar-refractivity contribution in [1.82, 2.24) is 0 Å². The third-order valence-corrected chi connectivity index (χ3v) is 1.13. The number of halogens is 2. The van der Waals surface area contributed by atoms with E-state index in [0.717, 1.165) is 0 Å². The first-order valence-electron chi connectivity index (χ1n) is 1.73. The highest BCUT2D eigenvalue weighted by molar-refractivity contribution is 6.47. The zero-order chi connectivity index (χ0) is 6.08. The molecule has 0 heterocycles. The van der Waals surface area contributed by atoms with Gasteiger partial charge in [-0.1, -0.05) is 23.2 Å². The third-order valence-electron chi connectivity index (χ3n) is 0.503. The van der Waals surface area contributed by atoms with Gasteiger partial charge in [0.2, 0.25) is 4.52 Å². The van der Waals surface area contributed by atoms with E-state index in [9.17, 15) is 0 Å². The number of hydrogen-bond donors (Lipinski definition) is 2. The second kappa shape index (κ2) is 2.18. The van der Waals surface area contributed by atoms with E-state index in [-0.39, 0.29) is 0 Å². The van der Waals surface area contributed by atoms with Gasteiger partial charge in [-0.25, -0.2) is 0 Å². The highest BCUT2D eigenvalue weighted by Crippen LogP contribution is 2.20. The molecule has 0 aliphatic rings. The molecule has 0 saturated heterocycles. The number of aliphatic hydroxyl groups is 2. The minimum absolute atomic E-state index is 1.11. The Morgan fingerprint density at radius 1 is 1.57 bits per heavy atom. The predicted octanol–water partition coefficient (Wildman–Crippen LogP) is 0.491. The van der Waals surface area contributed by atoms with Crippen LogP contribution in [-0.4, -0.2) is 20.8 Å². The zero-order valence-corrected chi connectivity index (χ0v) is 5.24. The Hall–Kier alpha value is 0.500. The lowest BCUT2D eigenvalue weighted by molar-refractivity contribution is 0.0549. The first-order valence-corrected chi connectivity index (χ1v) is 2.48. The minimum atomic E-state index is -2.00. The van der Waals surface area contributed by atoms with Crippen LogP contribution in [-0.2, 0) is 0 Å². The zero-order valence-electron chi connectivity index (χ0n) is 3.73. The number of aliphatic hydroxyl groups excluding tert-OH is 1. The van der Waals surface area contributed by atoms with Crippen LogP contribution in [0.3, 0.4) is 0 Å². The van der Waals surface area contributed by atoms with Crippen LogP contribution in [0.15, 0.2) is 0 Å². The molecule has 2 nitrogen and oxygen atoms in total. The van der Waals surface area contributed by atoms with Crippen molar-refractivity contribution in [3.05, 3.63) is 0 Å². The largest absolute Gasteiger partial charge is 0.388 e. The third kappa shape index (κ3) is 3.12. The average Bonchev–Trinajstić information content (AvgIpc) is 1.31. The average molecular weight is 145 g/mol. The van der Waals surface area contributed by atoms with Crippen LogP contribution in [0.1, 0.15) is 6.92 Å². The van der Waals surface area contributed by atoms with Gasteiger partial charge in [0.15, 0.2) is 0 Å². The summed E-state index contributed by atoms with van der Waals surface area (Å²) in [5, 5.41) is 16.8. The topological polar surface area (TPSA) is 40.5 Å². The van der Waals surface area contributed by atoms with Gasteiger partial charge in [0.05, 0.1) is 0 Å². The molecule has 0 saturated carbocycles. The lowest BCUT2D eigenvalue weighted by Gasteiger charge is -2.13. The molecular formula is C3H6Cl2O2. The summed E-state index contributed by atoms with van der Waals surface area (Å²) in [5.74, 6) is 0. The lowest BCUT2D eigenvalue weighted by atomic mass is 10.4. The van der Waals surface area contributed by atoms with Gasteiger partial charge < -0.3 is 10.2 Å². The van der Waals surface area contributed by atoms with E-state index < -0.39 is 10.6 Å². The molecule has 0 fully saturated rings. The molecule has 0 aliphatic heterocycles. The Morgan fingerprint density at radius 3 is 1.71 bits per heavy atom. The molecule has 0 spiro atoms. The quantitative estimate of drug-likeness (QED) is 0.527. The Kier molecular flexibility index (Phi) is 2.33. The van der Waals surface area contributed by atoms with Gasteiger partial charge in [-0.15, -0.1) is 0 Å². The Labute approximate surface area is 51.7 Å². The summed E-state index contributed by atoms with van der Waals surface area (Å²) in [6, 6.07) is 0. The van der Waals surface area contributed by atoms with E-state index in [0.29, 0.717) is 0 Å². The SMILES string of the molecule is CC(O)C(O)(Cl)Cl. The van der Waals surface area contributed by atoms with Crippen LogP contribution in [0.4, 0.5) is 0 Å². The number of alkyl halides is 2. The summed E-state index contributed by atoms with van der Waals surface area (Å²) in [5.41, 5.74) is 0. The van der Waals surface area contributed by atoms with E-state index in [4.69, 9.17) is 33.4 Å². The fraction of sp³-hybridized carbons (Fsp3) is 1.00. The van der Waals surface area contributed by atoms with Crippen molar-refractivity contribution in [3.8, 4) is 0 Å². The van der Waals surface area contributed by atoms with Crippen LogP contribution >= 0.6 is 23.2 Å². The molecule has 0 rings (SSSR count). The fourth-order valence-corrected chi connectivity index (χ4v) is 0. The van der Waals surface area contributed by atoms with E-state index >= 15 is 0 Å². The van der Waals surface area contributed by atoms with Crippen LogP contribution in [0.25, 0.3) is 0 Å². The van der Waals surface area contributed by atoms with E-state index in [1.807, 2.05) is 0 Å². The van der Waals surface area contributed by atoms with Crippen molar-refractivity contribution in [2.75, 3.05) is 0 Å². The molecule has 1 unspecified atom stereocenters. The highest BCUT2D eigenvalue weighted by Gasteiger charge is 2.25. The van der Waals surface area contributed by atoms with Crippen molar-refractivity contribution in [2.45, 2.75) is 17.5 Å². The maximum Gasteiger partial charge on any atom is 0.241 e. The highest BCUT2D eigenvalue weighted by atomic mass is 35.5. The van der Waals surface area contributed by atoms with E-state index in [2.05, 4.69) is 0 Å². The summed E-state index contributed by atoms with van der Waals surface area (Å²) in [6.07, 6.45) is -1.11. The summed E-state index contributed by atoms with van der Waals surface area (Å²) in [6.45, 7) is 1.29. The van der Waals surface area contributed by atoms with Crippen LogP contribution < -0.4 is 0 Å². The van der Waals surface area contributed by atoms with Gasteiger partial charge in [-0.2, -0.15) is 0 Å². The monoisotopic (exact) mass is 144 g/mol. The molecule has 2 N–H and O–H groups in total. The second-order valence-electron chi connectivity index (χ2n) is 1.26. The predicted molar refractivity (Wildman–Crippen MR) is 28.3 cm³/mol. The smallest absolute Gasteiger partial charge is 0.241 e. The van der Waals surface area contributed by atoms with Gasteiger partial charge >= 0.3 is 0 Å². The Morgan fingerprint density at radius 2 is 1.71 bits per heavy atom. The lowest BCUT2D eigenvalue weighted by Crippen LogP contribution is -2.26. The molecule has 0 amide bonds. The van der Waals surface area contributed by atoms with E-state index in [1.54, 1.807) is 0 Å². The van der Waals surface area contributed by atoms with Crippen LogP contribution in [0, 0.1) is 0 Å². The number of hydrogen-bond acceptors (Lipinski definition) is 2. The van der Waals surface area contributed by atoms with Gasteiger partial charge in [-0.3, -0.25) is 0 Å². The number of rotatable bonds is 1. The standard InChI is InChI=1S/C3H6Cl2O2/c1-2(6)3(4,5)7/h2,6-7H,1H3. The van der Waals surface area contributed by atoms with Crippen molar-refractivity contribution in [3.63, 3.8) is 0 Å². The maximum absolute atomic E-state index is 8.38. The summed E-state index contributed by atoms with van der Waals surface area (Å²) >= 11 is 9.88. The van der Waals surface area contributed by atoms with Crippen molar-refractivity contribution < 1.29 is 10.2 Å². The molecule has 0 aliphatic carbocycles. The Balaban J connectivity index is 3.54. The van der Waals surface area contributed by atoms with Crippen LogP contribution in [0.5, 0.6) is 0 Å². The Bertz CT molecular complexity index is 56.4. The molecule has 7 heavy (non-hydrogen) atoms. The first kappa shape index (κ1) is 7.50. The molecule has 4 heteroatoms. The van der Waals surface area contributed by atoms with E-state index in [1.165, 1.54) is 6.92 Å². The summed E-state index contributed by atoms with van der Waals surface area (Å²) in [4.78, 5) is 0. The molecule has 0 aromatic rings. The molecule has 44 valence electrons. The molecule has 1 atom stereocenters. The second-order valence-corrected chi connectivity index (χ2v) is 2.61. The summed E-state index contributed by atoms with van der Waals surface area (Å²) < 4.78 is -2.00. The minimum Gasteiger partial charge on any atom is -0.388 e. The maximum atomic E-state index is 8.38. The molecule has 0 aromatic heterocycles.